The van der Waals surface area contributed by atoms with Crippen molar-refractivity contribution in [3.05, 3.63) is 0 Å². The van der Waals surface area contributed by atoms with E-state index in [0.717, 1.165) is 0 Å². The highest BCUT2D eigenvalue weighted by Gasteiger charge is 2.33. The first kappa shape index (κ1) is 16.1. The maximum Gasteiger partial charge on any atom is 0.402 e. The second-order valence-corrected chi connectivity index (χ2v) is 5.18. The minimum atomic E-state index is -4.70. The van der Waals surface area contributed by atoms with E-state index < -0.39 is 41.5 Å². The number of aliphatic carboxylic acids is 1. The van der Waals surface area contributed by atoms with Crippen molar-refractivity contribution in [1.82, 2.24) is 9.03 Å². The Morgan fingerprint density at radius 2 is 1.88 bits per heavy atom. The molecule has 0 unspecified atom stereocenters. The van der Waals surface area contributed by atoms with Crippen LogP contribution in [0.15, 0.2) is 0 Å². The number of halogens is 3. The van der Waals surface area contributed by atoms with Crippen LogP contribution in [0, 0.1) is 0 Å². The van der Waals surface area contributed by atoms with Crippen molar-refractivity contribution in [2.24, 2.45) is 0 Å². The molecule has 0 saturated heterocycles. The number of carboxylic acid groups (broad SMARTS) is 1. The fourth-order valence-electron chi connectivity index (χ4n) is 0.934. The van der Waals surface area contributed by atoms with Crippen LogP contribution in [0.4, 0.5) is 13.2 Å². The molecule has 0 rings (SSSR count). The van der Waals surface area contributed by atoms with Gasteiger partial charge >= 0.3 is 12.1 Å². The quantitative estimate of drug-likeness (QED) is 0.725. The molecule has 102 valence electrons. The van der Waals surface area contributed by atoms with Gasteiger partial charge in [0.25, 0.3) is 10.2 Å². The summed E-state index contributed by atoms with van der Waals surface area (Å²) >= 11 is 0. The summed E-state index contributed by atoms with van der Waals surface area (Å²) in [5.41, 5.74) is 0. The van der Waals surface area contributed by atoms with E-state index in [1.54, 1.807) is 0 Å². The third kappa shape index (κ3) is 6.44. The summed E-state index contributed by atoms with van der Waals surface area (Å²) < 4.78 is 60.1. The molecule has 2 N–H and O–H groups in total. The number of hydrogen-bond acceptors (Lipinski definition) is 3. The number of nitrogens with one attached hydrogen (secondary N) is 1. The Bertz CT molecular complexity index is 366. The lowest BCUT2D eigenvalue weighted by Gasteiger charge is -2.24. The molecular formula is C7H13F3N2O4S. The van der Waals surface area contributed by atoms with Crippen molar-refractivity contribution in [3.8, 4) is 0 Å². The van der Waals surface area contributed by atoms with Gasteiger partial charge in [0.2, 0.25) is 0 Å². The molecule has 0 bridgehead atoms. The highest BCUT2D eigenvalue weighted by Crippen LogP contribution is 2.14. The van der Waals surface area contributed by atoms with Gasteiger partial charge in [0, 0.05) is 6.04 Å². The number of hydrogen-bond donors (Lipinski definition) is 2. The summed E-state index contributed by atoms with van der Waals surface area (Å²) in [5, 5.41) is 8.47. The van der Waals surface area contributed by atoms with E-state index in [0.29, 0.717) is 4.31 Å². The minimum Gasteiger partial charge on any atom is -0.480 e. The second kappa shape index (κ2) is 5.65. The molecule has 0 fully saturated rings. The lowest BCUT2D eigenvalue weighted by molar-refractivity contribution is -0.137. The van der Waals surface area contributed by atoms with Crippen LogP contribution in [-0.2, 0) is 15.0 Å². The number of nitrogens with zero attached hydrogens (tertiary/aromatic N) is 1. The van der Waals surface area contributed by atoms with E-state index in [2.05, 4.69) is 0 Å². The zero-order valence-electron chi connectivity index (χ0n) is 9.15. The highest BCUT2D eigenvalue weighted by molar-refractivity contribution is 7.87. The maximum absolute atomic E-state index is 11.9. The summed E-state index contributed by atoms with van der Waals surface area (Å²) in [5.74, 6) is -1.45. The largest absolute Gasteiger partial charge is 0.480 e. The smallest absolute Gasteiger partial charge is 0.402 e. The van der Waals surface area contributed by atoms with E-state index in [1.807, 2.05) is 0 Å². The minimum absolute atomic E-state index is 0.432. The molecule has 0 saturated carbocycles. The van der Waals surface area contributed by atoms with Gasteiger partial charge < -0.3 is 5.11 Å². The normalized spacial score (nSPS) is 13.4. The van der Waals surface area contributed by atoms with Crippen LogP contribution < -0.4 is 4.72 Å². The third-order valence-electron chi connectivity index (χ3n) is 1.63. The predicted molar refractivity (Wildman–Crippen MR) is 52.5 cm³/mol. The molecule has 0 aliphatic rings. The van der Waals surface area contributed by atoms with Gasteiger partial charge in [-0.05, 0) is 13.8 Å². The van der Waals surface area contributed by atoms with Crippen LogP contribution in [0.3, 0.4) is 0 Å². The van der Waals surface area contributed by atoms with Crippen molar-refractivity contribution in [2.45, 2.75) is 26.1 Å². The Morgan fingerprint density at radius 1 is 1.41 bits per heavy atom. The van der Waals surface area contributed by atoms with Gasteiger partial charge in [0.05, 0.1) is 0 Å². The van der Waals surface area contributed by atoms with E-state index >= 15 is 0 Å². The monoisotopic (exact) mass is 278 g/mol. The third-order valence-corrected chi connectivity index (χ3v) is 3.31. The topological polar surface area (TPSA) is 86.7 Å². The Balaban J connectivity index is 4.79. The van der Waals surface area contributed by atoms with Crippen molar-refractivity contribution >= 4 is 16.2 Å². The number of carboxylic acids is 1. The molecule has 0 aliphatic heterocycles. The molecule has 0 aromatic heterocycles. The van der Waals surface area contributed by atoms with E-state index in [-0.39, 0.29) is 0 Å². The van der Waals surface area contributed by atoms with Gasteiger partial charge in [0.1, 0.15) is 13.1 Å². The summed E-state index contributed by atoms with van der Waals surface area (Å²) in [7, 11) is -4.47. The van der Waals surface area contributed by atoms with Gasteiger partial charge in [-0.25, -0.2) is 0 Å². The van der Waals surface area contributed by atoms with Crippen LogP contribution in [0.5, 0.6) is 0 Å². The van der Waals surface area contributed by atoms with Gasteiger partial charge in [-0.3, -0.25) is 4.79 Å². The van der Waals surface area contributed by atoms with Gasteiger partial charge in [0.15, 0.2) is 0 Å². The first-order chi connectivity index (χ1) is 7.46. The van der Waals surface area contributed by atoms with Crippen molar-refractivity contribution in [2.75, 3.05) is 13.1 Å². The summed E-state index contributed by atoms with van der Waals surface area (Å²) in [6.45, 7) is 0.0779. The first-order valence-corrected chi connectivity index (χ1v) is 5.94. The van der Waals surface area contributed by atoms with Crippen molar-refractivity contribution < 1.29 is 31.5 Å². The summed E-state index contributed by atoms with van der Waals surface area (Å²) in [6.07, 6.45) is -4.70. The van der Waals surface area contributed by atoms with Crippen molar-refractivity contribution in [1.29, 1.82) is 0 Å². The van der Waals surface area contributed by atoms with E-state index in [9.17, 15) is 26.4 Å². The lowest BCUT2D eigenvalue weighted by atomic mass is 10.4. The van der Waals surface area contributed by atoms with Crippen LogP contribution in [0.1, 0.15) is 13.8 Å². The number of alkyl halides is 3. The molecule has 0 aliphatic carbocycles. The van der Waals surface area contributed by atoms with E-state index in [1.165, 1.54) is 18.6 Å². The lowest BCUT2D eigenvalue weighted by Crippen LogP contribution is -2.49. The zero-order valence-corrected chi connectivity index (χ0v) is 9.97. The molecule has 10 heteroatoms. The Kier molecular flexibility index (Phi) is 5.36. The molecule has 6 nitrogen and oxygen atoms in total. The molecule has 0 spiro atoms. The molecule has 0 radical (unpaired) electrons. The average Bonchev–Trinajstić information content (AvgIpc) is 2.09. The predicted octanol–water partition coefficient (Wildman–Crippen LogP) is 0.178. The van der Waals surface area contributed by atoms with E-state index in [4.69, 9.17) is 5.11 Å². The summed E-state index contributed by atoms with van der Waals surface area (Å²) in [4.78, 5) is 10.4. The van der Waals surface area contributed by atoms with Crippen molar-refractivity contribution in [3.63, 3.8) is 0 Å². The van der Waals surface area contributed by atoms with Crippen LogP contribution in [0.25, 0.3) is 0 Å². The fourth-order valence-corrected chi connectivity index (χ4v) is 2.28. The Labute approximate surface area is 96.6 Å². The van der Waals surface area contributed by atoms with Gasteiger partial charge in [-0.2, -0.15) is 30.6 Å². The molecule has 0 aromatic rings. The molecule has 0 aromatic carbocycles. The Morgan fingerprint density at radius 3 is 2.18 bits per heavy atom. The molecule has 17 heavy (non-hydrogen) atoms. The first-order valence-electron chi connectivity index (χ1n) is 4.50. The molecule has 0 heterocycles. The zero-order chi connectivity index (χ0) is 13.9. The van der Waals surface area contributed by atoms with Crippen LogP contribution in [0.2, 0.25) is 0 Å². The van der Waals surface area contributed by atoms with Gasteiger partial charge in [-0.15, -0.1) is 0 Å². The average molecular weight is 278 g/mol. The standard InChI is InChI=1S/C7H13F3N2O4S/c1-5(2)12(3-6(13)14)17(15,16)11-4-7(8,9)10/h5,11H,3-4H2,1-2H3,(H,13,14). The van der Waals surface area contributed by atoms with Crippen LogP contribution >= 0.6 is 0 Å². The van der Waals surface area contributed by atoms with Crippen LogP contribution in [-0.4, -0.2) is 49.1 Å². The maximum atomic E-state index is 11.9. The molecule has 0 atom stereocenters. The molecule has 0 amide bonds. The Hall–Kier alpha value is -0.870. The van der Waals surface area contributed by atoms with Gasteiger partial charge in [-0.1, -0.05) is 0 Å². The second-order valence-electron chi connectivity index (χ2n) is 3.47. The fraction of sp³-hybridized carbons (Fsp3) is 0.857. The highest BCUT2D eigenvalue weighted by atomic mass is 32.2. The molecular weight excluding hydrogens is 265 g/mol. The number of carbonyl (C=O) groups is 1. The number of rotatable bonds is 6. The summed E-state index contributed by atoms with van der Waals surface area (Å²) in [6, 6.07) is -0.767. The SMILES string of the molecule is CC(C)N(CC(=O)O)S(=O)(=O)NCC(F)(F)F.